The number of nitriles is 1. The van der Waals surface area contributed by atoms with Gasteiger partial charge in [-0.1, -0.05) is 4.99 Å². The number of aliphatic imine (C=N–C) groups is 1. The van der Waals surface area contributed by atoms with Crippen molar-refractivity contribution >= 4 is 39.7 Å². The normalized spacial score (nSPS) is 15.9. The molecule has 1 aromatic heterocycles. The highest BCUT2D eigenvalue weighted by Crippen LogP contribution is 2.35. The van der Waals surface area contributed by atoms with Crippen molar-refractivity contribution in [2.75, 3.05) is 5.73 Å². The Bertz CT molecular complexity index is 978. The molecular weight excluding hydrogens is 330 g/mol. The van der Waals surface area contributed by atoms with E-state index in [0.717, 1.165) is 11.3 Å². The van der Waals surface area contributed by atoms with E-state index in [1.165, 1.54) is 12.1 Å². The fourth-order valence-corrected chi connectivity index (χ4v) is 3.35. The lowest BCUT2D eigenvalue weighted by molar-refractivity contribution is -0.675. The first-order chi connectivity index (χ1) is 11.5. The predicted octanol–water partition coefficient (Wildman–Crippen LogP) is 1.16. The number of nitro benzene ring substituents is 1. The number of nitrogens with one attached hydrogen (secondary N) is 1. The average Bonchev–Trinajstić information content (AvgIpc) is 2.89. The average molecular weight is 340 g/mol. The fourth-order valence-electron chi connectivity index (χ4n) is 2.47. The molecule has 0 saturated heterocycles. The van der Waals surface area contributed by atoms with Crippen molar-refractivity contribution in [1.82, 2.24) is 0 Å². The van der Waals surface area contributed by atoms with Gasteiger partial charge in [-0.2, -0.15) is 5.26 Å². The summed E-state index contributed by atoms with van der Waals surface area (Å²) in [5.74, 6) is 2.55. The lowest BCUT2D eigenvalue weighted by atomic mass is 9.97. The van der Waals surface area contributed by atoms with Gasteiger partial charge in [-0.3, -0.25) is 15.5 Å². The van der Waals surface area contributed by atoms with Gasteiger partial charge >= 0.3 is 5.13 Å². The zero-order valence-electron chi connectivity index (χ0n) is 12.1. The van der Waals surface area contributed by atoms with Crippen LogP contribution < -0.4 is 16.0 Å². The van der Waals surface area contributed by atoms with Gasteiger partial charge in [-0.05, 0) is 34.9 Å². The largest absolute Gasteiger partial charge is 0.369 e. The van der Waals surface area contributed by atoms with E-state index in [1.54, 1.807) is 16.7 Å². The Morgan fingerprint density at radius 2 is 2.04 bits per heavy atom. The summed E-state index contributed by atoms with van der Waals surface area (Å²) >= 11 is 1.08. The maximum absolute atomic E-state index is 10.8. The zero-order valence-corrected chi connectivity index (χ0v) is 12.9. The van der Waals surface area contributed by atoms with Gasteiger partial charge in [0.05, 0.1) is 4.92 Å². The Morgan fingerprint density at radius 3 is 2.58 bits per heavy atom. The summed E-state index contributed by atoms with van der Waals surface area (Å²) in [5.41, 5.74) is 12.8. The summed E-state index contributed by atoms with van der Waals surface area (Å²) in [4.78, 5) is 14.8. The number of nitrogens with two attached hydrogens (primary N) is 2. The van der Waals surface area contributed by atoms with Crippen LogP contribution in [0.15, 0.2) is 34.8 Å². The van der Waals surface area contributed by atoms with Crippen molar-refractivity contribution in [2.24, 2.45) is 10.7 Å². The first kappa shape index (κ1) is 15.4. The van der Waals surface area contributed by atoms with Crippen LogP contribution in [-0.4, -0.2) is 16.6 Å². The van der Waals surface area contributed by atoms with Gasteiger partial charge in [-0.15, -0.1) is 0 Å². The highest BCUT2D eigenvalue weighted by molar-refractivity contribution is 7.15. The van der Waals surface area contributed by atoms with E-state index in [9.17, 15) is 10.1 Å². The number of nitrogen functional groups attached to an aromatic ring is 1. The Labute approximate surface area is 139 Å². The summed E-state index contributed by atoms with van der Waals surface area (Å²) in [7, 11) is 0. The van der Waals surface area contributed by atoms with Crippen LogP contribution in [0.4, 0.5) is 16.6 Å². The molecule has 1 aliphatic rings. The second kappa shape index (κ2) is 5.58. The van der Waals surface area contributed by atoms with Crippen LogP contribution in [0.2, 0.25) is 0 Å². The number of fused-ring (bicyclic) bond motifs is 1. The van der Waals surface area contributed by atoms with Crippen LogP contribution in [0.5, 0.6) is 0 Å². The number of hydrogen-bond acceptors (Lipinski definition) is 8. The third kappa shape index (κ3) is 2.21. The molecule has 1 unspecified atom stereocenters. The molecule has 1 aromatic carbocycles. The summed E-state index contributed by atoms with van der Waals surface area (Å²) in [5, 5.41) is 27.9. The predicted molar refractivity (Wildman–Crippen MR) is 87.4 cm³/mol. The number of hydrogen-bond donors (Lipinski definition) is 3. The molecule has 1 atom stereocenters. The molecule has 0 fully saturated rings. The van der Waals surface area contributed by atoms with E-state index in [1.807, 2.05) is 6.07 Å². The van der Waals surface area contributed by atoms with E-state index in [-0.39, 0.29) is 27.8 Å². The maximum Gasteiger partial charge on any atom is 0.325 e. The summed E-state index contributed by atoms with van der Waals surface area (Å²) in [6.07, 6.45) is 0. The molecule has 0 radical (unpaired) electrons. The number of anilines is 1. The van der Waals surface area contributed by atoms with Crippen molar-refractivity contribution < 1.29 is 9.49 Å². The van der Waals surface area contributed by atoms with Crippen molar-refractivity contribution in [3.05, 3.63) is 50.4 Å². The maximum atomic E-state index is 10.8. The second-order valence-corrected chi connectivity index (χ2v) is 5.85. The van der Waals surface area contributed by atoms with Crippen LogP contribution in [-0.2, 0) is 0 Å². The molecule has 9 nitrogen and oxygen atoms in total. The van der Waals surface area contributed by atoms with Gasteiger partial charge in [0.15, 0.2) is 4.88 Å². The molecule has 3 rings (SSSR count). The summed E-state index contributed by atoms with van der Waals surface area (Å²) < 4.78 is 1.58. The number of nitro groups is 1. The van der Waals surface area contributed by atoms with E-state index in [4.69, 9.17) is 22.1 Å². The number of benzene rings is 1. The van der Waals surface area contributed by atoms with Gasteiger partial charge in [-0.25, -0.2) is 4.57 Å². The Hall–Kier alpha value is -3.54. The minimum atomic E-state index is -0.630. The quantitative estimate of drug-likeness (QED) is 0.323. The smallest absolute Gasteiger partial charge is 0.325 e. The molecule has 0 aliphatic carbocycles. The second-order valence-electron chi connectivity index (χ2n) is 4.87. The van der Waals surface area contributed by atoms with Gasteiger partial charge in [0.25, 0.3) is 5.69 Å². The van der Waals surface area contributed by atoms with Crippen LogP contribution in [0.3, 0.4) is 0 Å². The third-order valence-corrected chi connectivity index (χ3v) is 4.55. The third-order valence-electron chi connectivity index (χ3n) is 3.57. The van der Waals surface area contributed by atoms with Crippen LogP contribution in [0.25, 0.3) is 0 Å². The topological polar surface area (TPSA) is 159 Å². The number of non-ortho nitro benzene ring substituents is 1. The molecule has 0 spiro atoms. The Morgan fingerprint density at radius 1 is 1.38 bits per heavy atom. The molecule has 2 heterocycles. The molecule has 0 amide bonds. The number of rotatable bonds is 2. The Kier molecular flexibility index (Phi) is 3.57. The van der Waals surface area contributed by atoms with Crippen LogP contribution in [0, 0.1) is 26.9 Å². The number of aromatic nitrogens is 1. The minimum Gasteiger partial charge on any atom is -0.369 e. The van der Waals surface area contributed by atoms with Crippen LogP contribution in [0.1, 0.15) is 16.5 Å². The van der Waals surface area contributed by atoms with E-state index < -0.39 is 11.0 Å². The molecule has 2 aromatic rings. The monoisotopic (exact) mass is 340 g/mol. The Balaban J connectivity index is 2.24. The van der Waals surface area contributed by atoms with E-state index in [0.29, 0.717) is 10.7 Å². The van der Waals surface area contributed by atoms with E-state index in [2.05, 4.69) is 10.9 Å². The molecule has 0 bridgehead atoms. The highest BCUT2D eigenvalue weighted by atomic mass is 32.1. The molecular formula is C14H10N7O2S+. The molecule has 24 heavy (non-hydrogen) atoms. The first-order valence-electron chi connectivity index (χ1n) is 6.60. The summed E-state index contributed by atoms with van der Waals surface area (Å²) in [6, 6.07) is 7.18. The van der Waals surface area contributed by atoms with Crippen molar-refractivity contribution in [1.29, 1.82) is 10.7 Å². The van der Waals surface area contributed by atoms with Crippen molar-refractivity contribution in [2.45, 2.75) is 6.04 Å². The lowest BCUT2D eigenvalue weighted by Gasteiger charge is -2.20. The SMILES string of the molecule is N#Cc1sc2[n+](c1N)C(c1ccc([N+](=O)[O-])cc1)C(=C=N)C(N)=N2. The number of thiazole rings is 1. The fraction of sp³-hybridized carbons (Fsp3) is 0.0714. The molecule has 118 valence electrons. The van der Waals surface area contributed by atoms with Gasteiger partial charge < -0.3 is 11.5 Å². The van der Waals surface area contributed by atoms with Gasteiger partial charge in [0, 0.05) is 12.1 Å². The van der Waals surface area contributed by atoms with Crippen molar-refractivity contribution in [3.8, 4) is 6.07 Å². The van der Waals surface area contributed by atoms with Crippen LogP contribution >= 0.6 is 11.3 Å². The molecule has 10 heteroatoms. The van der Waals surface area contributed by atoms with Gasteiger partial charge in [0.2, 0.25) is 11.7 Å². The lowest BCUT2D eigenvalue weighted by Crippen LogP contribution is -2.47. The minimum absolute atomic E-state index is 0.0576. The molecule has 1 aliphatic heterocycles. The number of amidine groups is 1. The molecule has 0 saturated carbocycles. The first-order valence-corrected chi connectivity index (χ1v) is 7.42. The van der Waals surface area contributed by atoms with Gasteiger partial charge in [0.1, 0.15) is 17.7 Å². The zero-order chi connectivity index (χ0) is 17.4. The number of nitrogens with zero attached hydrogens (tertiary/aromatic N) is 4. The standard InChI is InChI=1S/C14H9N7O2S/c15-5-9-11(7-1-3-8(4-2-7)21(22)23)20-13(18)10(6-16)24-14(20)19-12(9)17/h1-4,11,15,17H,18H2/p+1. The highest BCUT2D eigenvalue weighted by Gasteiger charge is 2.38. The van der Waals surface area contributed by atoms with Crippen molar-refractivity contribution in [3.63, 3.8) is 0 Å². The molecule has 5 N–H and O–H groups in total. The van der Waals surface area contributed by atoms with E-state index >= 15 is 0 Å². The summed E-state index contributed by atoms with van der Waals surface area (Å²) in [6.45, 7) is 0.